The van der Waals surface area contributed by atoms with Crippen LogP contribution < -0.4 is 0 Å². The molecule has 0 amide bonds. The molecule has 3 heteroatoms. The molecule has 0 bridgehead atoms. The largest absolute Gasteiger partial charge is 0.379 e. The van der Waals surface area contributed by atoms with E-state index in [0.717, 1.165) is 26.1 Å². The summed E-state index contributed by atoms with van der Waals surface area (Å²) in [6, 6.07) is 0. The van der Waals surface area contributed by atoms with Gasteiger partial charge in [-0.2, -0.15) is 0 Å². The summed E-state index contributed by atoms with van der Waals surface area (Å²) in [6.45, 7) is 13.2. The third kappa shape index (κ3) is 15.9. The van der Waals surface area contributed by atoms with Gasteiger partial charge in [-0.05, 0) is 18.3 Å². The second-order valence-electron chi connectivity index (χ2n) is 5.50. The van der Waals surface area contributed by atoms with Gasteiger partial charge in [-0.25, -0.2) is 0 Å². The van der Waals surface area contributed by atoms with Gasteiger partial charge >= 0.3 is 0 Å². The quantitative estimate of drug-likeness (QED) is 0.524. The zero-order valence-corrected chi connectivity index (χ0v) is 12.1. The maximum absolute atomic E-state index is 5.49. The average Bonchev–Trinajstić information content (AvgIpc) is 2.24. The van der Waals surface area contributed by atoms with Crippen molar-refractivity contribution in [3.63, 3.8) is 0 Å². The molecule has 0 aromatic carbocycles. The van der Waals surface area contributed by atoms with E-state index in [2.05, 4.69) is 27.7 Å². The number of hydrogen-bond donors (Lipinski definition) is 0. The Bertz CT molecular complexity index is 152. The van der Waals surface area contributed by atoms with Crippen LogP contribution in [0, 0.1) is 5.41 Å². The lowest BCUT2D eigenvalue weighted by molar-refractivity contribution is 0.00999. The van der Waals surface area contributed by atoms with Gasteiger partial charge < -0.3 is 14.2 Å². The highest BCUT2D eigenvalue weighted by Crippen LogP contribution is 2.17. The van der Waals surface area contributed by atoms with Crippen molar-refractivity contribution >= 4 is 0 Å². The van der Waals surface area contributed by atoms with Crippen LogP contribution in [0.1, 0.15) is 47.0 Å². The van der Waals surface area contributed by atoms with Crippen LogP contribution in [0.2, 0.25) is 0 Å². The van der Waals surface area contributed by atoms with Gasteiger partial charge in [0, 0.05) is 13.2 Å². The van der Waals surface area contributed by atoms with E-state index in [1.807, 2.05) is 0 Å². The highest BCUT2D eigenvalue weighted by Gasteiger charge is 2.08. The fourth-order valence-corrected chi connectivity index (χ4v) is 1.17. The van der Waals surface area contributed by atoms with Crippen molar-refractivity contribution in [2.45, 2.75) is 47.0 Å². The lowest BCUT2D eigenvalue weighted by Gasteiger charge is -2.17. The highest BCUT2D eigenvalue weighted by molar-refractivity contribution is 4.59. The molecule has 0 fully saturated rings. The Labute approximate surface area is 107 Å². The summed E-state index contributed by atoms with van der Waals surface area (Å²) in [5.74, 6) is 0. The molecule has 0 saturated carbocycles. The monoisotopic (exact) mass is 246 g/mol. The van der Waals surface area contributed by atoms with E-state index in [1.54, 1.807) is 0 Å². The Kier molecular flexibility index (Phi) is 10.9. The zero-order chi connectivity index (χ0) is 13.0. The van der Waals surface area contributed by atoms with E-state index in [4.69, 9.17) is 14.2 Å². The Morgan fingerprint density at radius 2 is 1.18 bits per heavy atom. The molecule has 0 heterocycles. The second kappa shape index (κ2) is 11.0. The summed E-state index contributed by atoms with van der Waals surface area (Å²) in [4.78, 5) is 0. The summed E-state index contributed by atoms with van der Waals surface area (Å²) in [7, 11) is 0. The van der Waals surface area contributed by atoms with Gasteiger partial charge in [0.25, 0.3) is 0 Å². The molecule has 0 aromatic heterocycles. The van der Waals surface area contributed by atoms with Crippen LogP contribution in [-0.2, 0) is 14.2 Å². The zero-order valence-electron chi connectivity index (χ0n) is 12.1. The van der Waals surface area contributed by atoms with Crippen molar-refractivity contribution in [1.82, 2.24) is 0 Å². The van der Waals surface area contributed by atoms with Crippen LogP contribution in [0.5, 0.6) is 0 Å². The molecule has 0 rings (SSSR count). The molecular weight excluding hydrogens is 216 g/mol. The van der Waals surface area contributed by atoms with E-state index >= 15 is 0 Å². The maximum atomic E-state index is 5.49. The average molecular weight is 246 g/mol. The van der Waals surface area contributed by atoms with Crippen molar-refractivity contribution < 1.29 is 14.2 Å². The van der Waals surface area contributed by atoms with Crippen molar-refractivity contribution in [1.29, 1.82) is 0 Å². The minimum atomic E-state index is 0.355. The molecule has 0 spiro atoms. The van der Waals surface area contributed by atoms with Crippen molar-refractivity contribution in [3.8, 4) is 0 Å². The van der Waals surface area contributed by atoms with Crippen LogP contribution in [0.3, 0.4) is 0 Å². The molecule has 0 atom stereocenters. The van der Waals surface area contributed by atoms with Gasteiger partial charge in [0.1, 0.15) is 0 Å². The topological polar surface area (TPSA) is 27.7 Å². The predicted octanol–water partition coefficient (Wildman–Crippen LogP) is 3.27. The fourth-order valence-electron chi connectivity index (χ4n) is 1.17. The Balaban J connectivity index is 2.99. The molecule has 0 aliphatic rings. The third-order valence-corrected chi connectivity index (χ3v) is 2.38. The Morgan fingerprint density at radius 1 is 0.706 bits per heavy atom. The molecule has 0 aromatic rings. The first-order valence-electron chi connectivity index (χ1n) is 6.79. The van der Waals surface area contributed by atoms with E-state index in [1.165, 1.54) is 6.42 Å². The lowest BCUT2D eigenvalue weighted by Crippen LogP contribution is -2.13. The summed E-state index contributed by atoms with van der Waals surface area (Å²) in [5, 5.41) is 0. The SMILES string of the molecule is CCCCOCCOCCOCCC(C)(C)C. The van der Waals surface area contributed by atoms with E-state index < -0.39 is 0 Å². The van der Waals surface area contributed by atoms with Gasteiger partial charge in [-0.15, -0.1) is 0 Å². The van der Waals surface area contributed by atoms with Crippen molar-refractivity contribution in [2.24, 2.45) is 5.41 Å². The number of hydrogen-bond acceptors (Lipinski definition) is 3. The lowest BCUT2D eigenvalue weighted by atomic mass is 9.93. The molecule has 0 aliphatic heterocycles. The fraction of sp³-hybridized carbons (Fsp3) is 1.00. The first-order chi connectivity index (χ1) is 8.06. The van der Waals surface area contributed by atoms with Crippen LogP contribution in [0.4, 0.5) is 0 Å². The number of ether oxygens (including phenoxy) is 3. The number of unbranched alkanes of at least 4 members (excludes halogenated alkanes) is 1. The maximum Gasteiger partial charge on any atom is 0.0701 e. The normalized spacial score (nSPS) is 12.0. The molecular formula is C14H30O3. The molecule has 3 nitrogen and oxygen atoms in total. The summed E-state index contributed by atoms with van der Waals surface area (Å²) in [6.07, 6.45) is 3.41. The molecule has 104 valence electrons. The molecule has 0 aliphatic carbocycles. The molecule has 17 heavy (non-hydrogen) atoms. The molecule has 0 saturated heterocycles. The van der Waals surface area contributed by atoms with E-state index in [0.29, 0.717) is 31.8 Å². The van der Waals surface area contributed by atoms with Crippen LogP contribution in [0.15, 0.2) is 0 Å². The van der Waals surface area contributed by atoms with E-state index in [9.17, 15) is 0 Å². The predicted molar refractivity (Wildman–Crippen MR) is 71.4 cm³/mol. The first kappa shape index (κ1) is 16.9. The number of rotatable bonds is 11. The summed E-state index contributed by atoms with van der Waals surface area (Å²) < 4.78 is 16.3. The van der Waals surface area contributed by atoms with Gasteiger partial charge in [-0.1, -0.05) is 34.1 Å². The van der Waals surface area contributed by atoms with Gasteiger partial charge in [-0.3, -0.25) is 0 Å². The molecule has 0 N–H and O–H groups in total. The van der Waals surface area contributed by atoms with Crippen molar-refractivity contribution in [3.05, 3.63) is 0 Å². The van der Waals surface area contributed by atoms with E-state index in [-0.39, 0.29) is 0 Å². The Hall–Kier alpha value is -0.120. The smallest absolute Gasteiger partial charge is 0.0701 e. The van der Waals surface area contributed by atoms with Crippen LogP contribution in [0.25, 0.3) is 0 Å². The molecule has 0 radical (unpaired) electrons. The van der Waals surface area contributed by atoms with Gasteiger partial charge in [0.15, 0.2) is 0 Å². The molecule has 0 unspecified atom stereocenters. The Morgan fingerprint density at radius 3 is 1.65 bits per heavy atom. The minimum absolute atomic E-state index is 0.355. The van der Waals surface area contributed by atoms with Gasteiger partial charge in [0.05, 0.1) is 26.4 Å². The summed E-state index contributed by atoms with van der Waals surface area (Å²) in [5.41, 5.74) is 0.355. The minimum Gasteiger partial charge on any atom is -0.379 e. The third-order valence-electron chi connectivity index (χ3n) is 2.38. The first-order valence-corrected chi connectivity index (χ1v) is 6.79. The highest BCUT2D eigenvalue weighted by atomic mass is 16.5. The van der Waals surface area contributed by atoms with Crippen LogP contribution in [-0.4, -0.2) is 39.6 Å². The standard InChI is InChI=1S/C14H30O3/c1-5-6-8-15-10-12-17-13-11-16-9-7-14(2,3)4/h5-13H2,1-4H3. The van der Waals surface area contributed by atoms with Gasteiger partial charge in [0.2, 0.25) is 0 Å². The van der Waals surface area contributed by atoms with Crippen molar-refractivity contribution in [2.75, 3.05) is 39.6 Å². The summed E-state index contributed by atoms with van der Waals surface area (Å²) >= 11 is 0. The second-order valence-corrected chi connectivity index (χ2v) is 5.50. The van der Waals surface area contributed by atoms with Crippen LogP contribution >= 0.6 is 0 Å².